The second-order valence-corrected chi connectivity index (χ2v) is 6.68. The molecule has 1 aliphatic carbocycles. The molecule has 0 bridgehead atoms. The molecule has 0 amide bonds. The topological polar surface area (TPSA) is 21.3 Å². The second-order valence-electron chi connectivity index (χ2n) is 5.70. The standard InChI is InChI=1S/C13H25NOS/c1-13(2)11(14-7-5-9-16-3)10-6-4-8-15-12(10)13/h10-12,14H,4-9H2,1-3H3. The van der Waals surface area contributed by atoms with Crippen molar-refractivity contribution in [2.45, 2.75) is 45.3 Å². The summed E-state index contributed by atoms with van der Waals surface area (Å²) in [4.78, 5) is 0. The summed E-state index contributed by atoms with van der Waals surface area (Å²) in [5, 5.41) is 3.75. The third-order valence-electron chi connectivity index (χ3n) is 4.22. The molecule has 1 saturated heterocycles. The van der Waals surface area contributed by atoms with Crippen LogP contribution in [0.3, 0.4) is 0 Å². The van der Waals surface area contributed by atoms with Crippen molar-refractivity contribution >= 4 is 11.8 Å². The number of rotatable bonds is 5. The van der Waals surface area contributed by atoms with Crippen molar-refractivity contribution in [2.24, 2.45) is 11.3 Å². The lowest BCUT2D eigenvalue weighted by Crippen LogP contribution is -2.69. The van der Waals surface area contributed by atoms with Crippen molar-refractivity contribution in [1.29, 1.82) is 0 Å². The number of hydrogen-bond acceptors (Lipinski definition) is 3. The van der Waals surface area contributed by atoms with Crippen LogP contribution in [0, 0.1) is 11.3 Å². The molecule has 94 valence electrons. The second kappa shape index (κ2) is 5.28. The van der Waals surface area contributed by atoms with Gasteiger partial charge in [-0.05, 0) is 37.8 Å². The average molecular weight is 243 g/mol. The monoisotopic (exact) mass is 243 g/mol. The van der Waals surface area contributed by atoms with Crippen LogP contribution in [0.2, 0.25) is 0 Å². The smallest absolute Gasteiger partial charge is 0.0684 e. The van der Waals surface area contributed by atoms with Gasteiger partial charge in [-0.3, -0.25) is 0 Å². The largest absolute Gasteiger partial charge is 0.377 e. The lowest BCUT2D eigenvalue weighted by Gasteiger charge is -2.60. The Bertz CT molecular complexity index is 232. The molecule has 0 spiro atoms. The zero-order chi connectivity index (χ0) is 11.6. The van der Waals surface area contributed by atoms with Crippen LogP contribution in [0.15, 0.2) is 0 Å². The Balaban J connectivity index is 1.80. The van der Waals surface area contributed by atoms with Crippen LogP contribution in [-0.2, 0) is 4.74 Å². The van der Waals surface area contributed by atoms with Gasteiger partial charge >= 0.3 is 0 Å². The minimum absolute atomic E-state index is 0.338. The van der Waals surface area contributed by atoms with E-state index in [0.717, 1.165) is 19.1 Å². The average Bonchev–Trinajstić information content (AvgIpc) is 2.29. The fourth-order valence-corrected chi connectivity index (χ4v) is 3.84. The summed E-state index contributed by atoms with van der Waals surface area (Å²) in [6.45, 7) is 6.85. The first-order valence-electron chi connectivity index (χ1n) is 6.52. The van der Waals surface area contributed by atoms with Crippen molar-refractivity contribution in [3.05, 3.63) is 0 Å². The van der Waals surface area contributed by atoms with E-state index < -0.39 is 0 Å². The maximum Gasteiger partial charge on any atom is 0.0684 e. The van der Waals surface area contributed by atoms with Gasteiger partial charge < -0.3 is 10.1 Å². The molecule has 0 aromatic carbocycles. The van der Waals surface area contributed by atoms with Crippen LogP contribution in [0.25, 0.3) is 0 Å². The highest BCUT2D eigenvalue weighted by molar-refractivity contribution is 7.98. The maximum absolute atomic E-state index is 5.91. The van der Waals surface area contributed by atoms with Crippen LogP contribution in [-0.4, -0.2) is 37.3 Å². The van der Waals surface area contributed by atoms with E-state index in [4.69, 9.17) is 4.74 Å². The molecule has 0 aromatic rings. The Kier molecular flexibility index (Phi) is 4.20. The molecule has 0 aromatic heterocycles. The van der Waals surface area contributed by atoms with Crippen molar-refractivity contribution in [2.75, 3.05) is 25.2 Å². The van der Waals surface area contributed by atoms with Crippen molar-refractivity contribution in [3.63, 3.8) is 0 Å². The molecule has 2 nitrogen and oxygen atoms in total. The van der Waals surface area contributed by atoms with Crippen molar-refractivity contribution in [3.8, 4) is 0 Å². The molecule has 1 N–H and O–H groups in total. The molecular weight excluding hydrogens is 218 g/mol. The number of nitrogens with one attached hydrogen (secondary N) is 1. The van der Waals surface area contributed by atoms with Gasteiger partial charge in [0.1, 0.15) is 0 Å². The Hall–Kier alpha value is 0.270. The van der Waals surface area contributed by atoms with Crippen molar-refractivity contribution < 1.29 is 4.74 Å². The zero-order valence-electron chi connectivity index (χ0n) is 10.8. The first-order valence-corrected chi connectivity index (χ1v) is 7.91. The summed E-state index contributed by atoms with van der Waals surface area (Å²) in [5.74, 6) is 2.04. The SMILES string of the molecule is CSCCCNC1C2CCCOC2C1(C)C. The molecule has 1 saturated carbocycles. The molecule has 3 unspecified atom stereocenters. The Morgan fingerprint density at radius 1 is 1.44 bits per heavy atom. The number of fused-ring (bicyclic) bond motifs is 1. The van der Waals surface area contributed by atoms with Gasteiger partial charge in [0, 0.05) is 24.0 Å². The first kappa shape index (κ1) is 12.7. The summed E-state index contributed by atoms with van der Waals surface area (Å²) in [5.41, 5.74) is 0.338. The third kappa shape index (κ3) is 2.27. The fourth-order valence-electron chi connectivity index (χ4n) is 3.41. The lowest BCUT2D eigenvalue weighted by atomic mass is 9.55. The first-order chi connectivity index (χ1) is 7.68. The minimum atomic E-state index is 0.338. The number of thioether (sulfide) groups is 1. The summed E-state index contributed by atoms with van der Waals surface area (Å²) >= 11 is 1.94. The van der Waals surface area contributed by atoms with Gasteiger partial charge in [0.15, 0.2) is 0 Å². The van der Waals surface area contributed by atoms with Crippen molar-refractivity contribution in [1.82, 2.24) is 5.32 Å². The normalized spacial score (nSPS) is 36.6. The molecule has 2 rings (SSSR count). The van der Waals surface area contributed by atoms with E-state index in [1.807, 2.05) is 11.8 Å². The molecule has 3 atom stereocenters. The molecule has 0 radical (unpaired) electrons. The van der Waals surface area contributed by atoms with Gasteiger partial charge in [-0.2, -0.15) is 11.8 Å². The zero-order valence-corrected chi connectivity index (χ0v) is 11.6. The van der Waals surface area contributed by atoms with E-state index in [0.29, 0.717) is 17.6 Å². The fraction of sp³-hybridized carbons (Fsp3) is 1.00. The van der Waals surface area contributed by atoms with E-state index in [2.05, 4.69) is 25.4 Å². The Labute approximate surface area is 104 Å². The lowest BCUT2D eigenvalue weighted by molar-refractivity contribution is -0.192. The van der Waals surface area contributed by atoms with Gasteiger partial charge in [-0.1, -0.05) is 13.8 Å². The highest BCUT2D eigenvalue weighted by Crippen LogP contribution is 2.51. The molecular formula is C13H25NOS. The van der Waals surface area contributed by atoms with E-state index >= 15 is 0 Å². The van der Waals surface area contributed by atoms with Crippen LogP contribution >= 0.6 is 11.8 Å². The summed E-state index contributed by atoms with van der Waals surface area (Å²) in [7, 11) is 0. The van der Waals surface area contributed by atoms with Crippen LogP contribution in [0.4, 0.5) is 0 Å². The van der Waals surface area contributed by atoms with Crippen LogP contribution in [0.5, 0.6) is 0 Å². The number of ether oxygens (including phenoxy) is 1. The van der Waals surface area contributed by atoms with E-state index in [1.54, 1.807) is 0 Å². The Morgan fingerprint density at radius 2 is 2.25 bits per heavy atom. The number of hydrogen-bond donors (Lipinski definition) is 1. The summed E-state index contributed by atoms with van der Waals surface area (Å²) < 4.78 is 5.91. The quantitative estimate of drug-likeness (QED) is 0.750. The van der Waals surface area contributed by atoms with Gasteiger partial charge in [0.25, 0.3) is 0 Å². The predicted molar refractivity (Wildman–Crippen MR) is 71.0 cm³/mol. The van der Waals surface area contributed by atoms with Gasteiger partial charge in [0.2, 0.25) is 0 Å². The maximum atomic E-state index is 5.91. The Morgan fingerprint density at radius 3 is 3.00 bits per heavy atom. The van der Waals surface area contributed by atoms with E-state index in [-0.39, 0.29) is 0 Å². The molecule has 1 aliphatic heterocycles. The molecule has 2 aliphatic rings. The highest BCUT2D eigenvalue weighted by Gasteiger charge is 2.57. The molecule has 1 heterocycles. The van der Waals surface area contributed by atoms with Gasteiger partial charge in [-0.25, -0.2) is 0 Å². The van der Waals surface area contributed by atoms with E-state index in [1.165, 1.54) is 25.0 Å². The molecule has 3 heteroatoms. The van der Waals surface area contributed by atoms with Gasteiger partial charge in [-0.15, -0.1) is 0 Å². The summed E-state index contributed by atoms with van der Waals surface area (Å²) in [6.07, 6.45) is 6.58. The minimum Gasteiger partial charge on any atom is -0.377 e. The predicted octanol–water partition coefficient (Wildman–Crippen LogP) is 2.53. The molecule has 2 fully saturated rings. The summed E-state index contributed by atoms with van der Waals surface area (Å²) in [6, 6.07) is 0.680. The van der Waals surface area contributed by atoms with Crippen LogP contribution < -0.4 is 5.32 Å². The van der Waals surface area contributed by atoms with E-state index in [9.17, 15) is 0 Å². The van der Waals surface area contributed by atoms with Gasteiger partial charge in [0.05, 0.1) is 6.10 Å². The third-order valence-corrected chi connectivity index (χ3v) is 4.92. The van der Waals surface area contributed by atoms with Crippen LogP contribution in [0.1, 0.15) is 33.1 Å². The highest BCUT2D eigenvalue weighted by atomic mass is 32.2. The molecule has 16 heavy (non-hydrogen) atoms.